The van der Waals surface area contributed by atoms with Crippen LogP contribution in [0.3, 0.4) is 0 Å². The molecule has 0 radical (unpaired) electrons. The Bertz CT molecular complexity index is 474. The normalized spacial score (nSPS) is 10.5. The van der Waals surface area contributed by atoms with E-state index in [0.717, 1.165) is 6.42 Å². The lowest BCUT2D eigenvalue weighted by Gasteiger charge is -2.02. The van der Waals surface area contributed by atoms with Gasteiger partial charge in [-0.2, -0.15) is 0 Å². The van der Waals surface area contributed by atoms with Gasteiger partial charge in [-0.25, -0.2) is 0 Å². The molecular formula is C15H16S. The highest BCUT2D eigenvalue weighted by Gasteiger charge is 1.96. The third-order valence-corrected chi connectivity index (χ3v) is 3.62. The van der Waals surface area contributed by atoms with Gasteiger partial charge in [-0.05, 0) is 41.5 Å². The first-order valence-corrected chi connectivity index (χ1v) is 6.61. The molecule has 0 saturated carbocycles. The third kappa shape index (κ3) is 2.89. The van der Waals surface area contributed by atoms with E-state index in [1.54, 1.807) is 0 Å². The SMILES string of the molecule is C=CCCCSc1ccc2ccccc2c1. The van der Waals surface area contributed by atoms with E-state index in [9.17, 15) is 0 Å². The molecule has 0 heterocycles. The Morgan fingerprint density at radius 3 is 2.69 bits per heavy atom. The second-order valence-electron chi connectivity index (χ2n) is 3.79. The zero-order chi connectivity index (χ0) is 11.2. The maximum absolute atomic E-state index is 3.74. The molecule has 0 spiro atoms. The summed E-state index contributed by atoms with van der Waals surface area (Å²) in [7, 11) is 0. The van der Waals surface area contributed by atoms with Gasteiger partial charge >= 0.3 is 0 Å². The number of rotatable bonds is 5. The second-order valence-corrected chi connectivity index (χ2v) is 4.96. The summed E-state index contributed by atoms with van der Waals surface area (Å²) in [6.07, 6.45) is 4.31. The minimum atomic E-state index is 1.11. The molecule has 82 valence electrons. The van der Waals surface area contributed by atoms with Crippen molar-refractivity contribution in [3.63, 3.8) is 0 Å². The predicted octanol–water partition coefficient (Wildman–Crippen LogP) is 4.90. The van der Waals surface area contributed by atoms with Crippen molar-refractivity contribution in [2.45, 2.75) is 17.7 Å². The molecule has 0 atom stereocenters. The van der Waals surface area contributed by atoms with Crippen LogP contribution in [0.4, 0.5) is 0 Å². The summed E-state index contributed by atoms with van der Waals surface area (Å²) in [5.41, 5.74) is 0. The molecule has 16 heavy (non-hydrogen) atoms. The Morgan fingerprint density at radius 1 is 1.06 bits per heavy atom. The summed E-state index contributed by atoms with van der Waals surface area (Å²) in [4.78, 5) is 1.36. The minimum absolute atomic E-state index is 1.11. The molecule has 2 rings (SSSR count). The van der Waals surface area contributed by atoms with Crippen LogP contribution in [0.15, 0.2) is 60.0 Å². The number of hydrogen-bond acceptors (Lipinski definition) is 1. The number of fused-ring (bicyclic) bond motifs is 1. The third-order valence-electron chi connectivity index (χ3n) is 2.54. The summed E-state index contributed by atoms with van der Waals surface area (Å²) in [6.45, 7) is 3.74. The quantitative estimate of drug-likeness (QED) is 0.398. The van der Waals surface area contributed by atoms with E-state index in [1.165, 1.54) is 27.8 Å². The summed E-state index contributed by atoms with van der Waals surface area (Å²) >= 11 is 1.93. The summed E-state index contributed by atoms with van der Waals surface area (Å²) < 4.78 is 0. The maximum Gasteiger partial charge on any atom is 0.00783 e. The van der Waals surface area contributed by atoms with Crippen LogP contribution in [0.5, 0.6) is 0 Å². The minimum Gasteiger partial charge on any atom is -0.126 e. The molecule has 0 saturated heterocycles. The monoisotopic (exact) mass is 228 g/mol. The fraction of sp³-hybridized carbons (Fsp3) is 0.200. The number of unbranched alkanes of at least 4 members (excludes halogenated alkanes) is 1. The predicted molar refractivity (Wildman–Crippen MR) is 74.1 cm³/mol. The Hall–Kier alpha value is -1.21. The first-order chi connectivity index (χ1) is 7.90. The van der Waals surface area contributed by atoms with Gasteiger partial charge in [0.05, 0.1) is 0 Å². The van der Waals surface area contributed by atoms with E-state index in [2.05, 4.69) is 49.0 Å². The van der Waals surface area contributed by atoms with E-state index in [1.807, 2.05) is 17.8 Å². The van der Waals surface area contributed by atoms with Crippen LogP contribution in [-0.2, 0) is 0 Å². The Labute approximate surface area is 101 Å². The molecule has 0 aliphatic heterocycles. The second kappa shape index (κ2) is 5.76. The van der Waals surface area contributed by atoms with E-state index in [4.69, 9.17) is 0 Å². The molecule has 1 heteroatoms. The van der Waals surface area contributed by atoms with Gasteiger partial charge in [-0.15, -0.1) is 18.3 Å². The first-order valence-electron chi connectivity index (χ1n) is 5.62. The molecule has 0 nitrogen and oxygen atoms in total. The Kier molecular flexibility index (Phi) is 4.06. The van der Waals surface area contributed by atoms with Crippen LogP contribution < -0.4 is 0 Å². The lowest BCUT2D eigenvalue weighted by atomic mass is 10.1. The van der Waals surface area contributed by atoms with Crippen molar-refractivity contribution in [1.82, 2.24) is 0 Å². The smallest absolute Gasteiger partial charge is 0.00783 e. The van der Waals surface area contributed by atoms with Gasteiger partial charge in [-0.1, -0.05) is 36.4 Å². The topological polar surface area (TPSA) is 0 Å². The summed E-state index contributed by atoms with van der Waals surface area (Å²) in [6, 6.07) is 15.2. The van der Waals surface area contributed by atoms with Gasteiger partial charge in [0.25, 0.3) is 0 Å². The molecule has 0 aliphatic rings. The molecule has 0 fully saturated rings. The van der Waals surface area contributed by atoms with Crippen LogP contribution in [0.25, 0.3) is 10.8 Å². The maximum atomic E-state index is 3.74. The van der Waals surface area contributed by atoms with Crippen molar-refractivity contribution in [2.24, 2.45) is 0 Å². The van der Waals surface area contributed by atoms with Crippen molar-refractivity contribution < 1.29 is 0 Å². The van der Waals surface area contributed by atoms with Crippen LogP contribution in [0.2, 0.25) is 0 Å². The van der Waals surface area contributed by atoms with Crippen molar-refractivity contribution in [1.29, 1.82) is 0 Å². The fourth-order valence-corrected chi connectivity index (χ4v) is 2.60. The molecule has 0 N–H and O–H groups in total. The largest absolute Gasteiger partial charge is 0.126 e. The van der Waals surface area contributed by atoms with Gasteiger partial charge in [-0.3, -0.25) is 0 Å². The highest BCUT2D eigenvalue weighted by molar-refractivity contribution is 7.99. The molecule has 0 bridgehead atoms. The van der Waals surface area contributed by atoms with Crippen molar-refractivity contribution in [3.05, 3.63) is 55.1 Å². The summed E-state index contributed by atoms with van der Waals surface area (Å²) in [5.74, 6) is 1.17. The lowest BCUT2D eigenvalue weighted by Crippen LogP contribution is -1.79. The van der Waals surface area contributed by atoms with Crippen LogP contribution in [0.1, 0.15) is 12.8 Å². The highest BCUT2D eigenvalue weighted by Crippen LogP contribution is 2.24. The average Bonchev–Trinajstić information content (AvgIpc) is 2.34. The molecular weight excluding hydrogens is 212 g/mol. The van der Waals surface area contributed by atoms with Crippen LogP contribution in [-0.4, -0.2) is 5.75 Å². The van der Waals surface area contributed by atoms with Crippen LogP contribution >= 0.6 is 11.8 Å². The molecule has 2 aromatic carbocycles. The van der Waals surface area contributed by atoms with Gasteiger partial charge < -0.3 is 0 Å². The molecule has 2 aromatic rings. The average molecular weight is 228 g/mol. The van der Waals surface area contributed by atoms with Gasteiger partial charge in [0.2, 0.25) is 0 Å². The van der Waals surface area contributed by atoms with E-state index in [0.29, 0.717) is 0 Å². The number of thioether (sulfide) groups is 1. The zero-order valence-corrected chi connectivity index (χ0v) is 10.2. The first kappa shape index (κ1) is 11.3. The molecule has 0 aliphatic carbocycles. The van der Waals surface area contributed by atoms with Crippen molar-refractivity contribution in [3.8, 4) is 0 Å². The molecule has 0 amide bonds. The molecule has 0 unspecified atom stereocenters. The van der Waals surface area contributed by atoms with E-state index >= 15 is 0 Å². The fourth-order valence-electron chi connectivity index (χ4n) is 1.67. The lowest BCUT2D eigenvalue weighted by molar-refractivity contribution is 0.974. The standard InChI is InChI=1S/C15H16S/c1-2-3-6-11-16-15-10-9-13-7-4-5-8-14(13)12-15/h2,4-5,7-10,12H,1,3,6,11H2. The highest BCUT2D eigenvalue weighted by atomic mass is 32.2. The Balaban J connectivity index is 2.05. The van der Waals surface area contributed by atoms with Crippen molar-refractivity contribution in [2.75, 3.05) is 5.75 Å². The van der Waals surface area contributed by atoms with E-state index in [-0.39, 0.29) is 0 Å². The van der Waals surface area contributed by atoms with Gasteiger partial charge in [0.1, 0.15) is 0 Å². The van der Waals surface area contributed by atoms with Gasteiger partial charge in [0.15, 0.2) is 0 Å². The number of allylic oxidation sites excluding steroid dienone is 1. The molecule has 0 aromatic heterocycles. The van der Waals surface area contributed by atoms with Crippen molar-refractivity contribution >= 4 is 22.5 Å². The Morgan fingerprint density at radius 2 is 1.88 bits per heavy atom. The van der Waals surface area contributed by atoms with E-state index < -0.39 is 0 Å². The summed E-state index contributed by atoms with van der Waals surface area (Å²) in [5, 5.41) is 2.65. The number of benzene rings is 2. The van der Waals surface area contributed by atoms with Crippen LogP contribution in [0, 0.1) is 0 Å². The zero-order valence-electron chi connectivity index (χ0n) is 9.36. The number of hydrogen-bond donors (Lipinski definition) is 0. The van der Waals surface area contributed by atoms with Gasteiger partial charge in [0, 0.05) is 4.90 Å².